The summed E-state index contributed by atoms with van der Waals surface area (Å²) >= 11 is 12.1. The number of rotatable bonds is 6. The van der Waals surface area contributed by atoms with E-state index in [0.717, 1.165) is 5.56 Å². The van der Waals surface area contributed by atoms with E-state index in [1.807, 2.05) is 42.5 Å². The second kappa shape index (κ2) is 8.65. The molecule has 0 fully saturated rings. The van der Waals surface area contributed by atoms with Gasteiger partial charge in [0.25, 0.3) is 5.91 Å². The molecular formula is C19H16Cl2N4O. The van der Waals surface area contributed by atoms with Crippen LogP contribution in [0.1, 0.15) is 16.1 Å². The summed E-state index contributed by atoms with van der Waals surface area (Å²) in [5, 5.41) is 7.08. The average molecular weight is 387 g/mol. The van der Waals surface area contributed by atoms with Gasteiger partial charge in [-0.1, -0.05) is 47.5 Å². The highest BCUT2D eigenvalue weighted by atomic mass is 35.5. The van der Waals surface area contributed by atoms with Crippen molar-refractivity contribution in [3.8, 4) is 0 Å². The first-order valence-corrected chi connectivity index (χ1v) is 8.74. The van der Waals surface area contributed by atoms with Gasteiger partial charge in [0, 0.05) is 17.8 Å². The van der Waals surface area contributed by atoms with Gasteiger partial charge in [0.2, 0.25) is 5.95 Å². The van der Waals surface area contributed by atoms with E-state index in [-0.39, 0.29) is 11.6 Å². The molecule has 0 unspecified atom stereocenters. The fourth-order valence-corrected chi connectivity index (χ4v) is 2.73. The van der Waals surface area contributed by atoms with Gasteiger partial charge in [-0.2, -0.15) is 0 Å². The highest BCUT2D eigenvalue weighted by Crippen LogP contribution is 2.23. The van der Waals surface area contributed by atoms with Gasteiger partial charge in [-0.05, 0) is 42.3 Å². The number of amides is 1. The highest BCUT2D eigenvalue weighted by molar-refractivity contribution is 6.33. The maximum absolute atomic E-state index is 12.3. The summed E-state index contributed by atoms with van der Waals surface area (Å²) in [6.45, 7) is 0.483. The van der Waals surface area contributed by atoms with Crippen LogP contribution in [-0.4, -0.2) is 22.4 Å². The predicted octanol–water partition coefficient (Wildman–Crippen LogP) is 4.50. The molecule has 0 spiro atoms. The fourth-order valence-electron chi connectivity index (χ4n) is 2.33. The van der Waals surface area contributed by atoms with Crippen molar-refractivity contribution in [1.82, 2.24) is 15.3 Å². The molecule has 1 aromatic heterocycles. The van der Waals surface area contributed by atoms with Crippen molar-refractivity contribution in [3.05, 3.63) is 82.1 Å². The van der Waals surface area contributed by atoms with Crippen LogP contribution in [0.25, 0.3) is 0 Å². The number of carbonyl (C=O) groups is 1. The lowest BCUT2D eigenvalue weighted by atomic mass is 10.1. The fraction of sp³-hybridized carbons (Fsp3) is 0.105. The van der Waals surface area contributed by atoms with E-state index >= 15 is 0 Å². The SMILES string of the molecule is O=C(NCCc1cccc(Cl)c1)c1ccnc(Nc2ccccc2Cl)n1. The molecule has 1 amide bonds. The number of carbonyl (C=O) groups excluding carboxylic acids is 1. The average Bonchev–Trinajstić information content (AvgIpc) is 2.64. The Morgan fingerprint density at radius 2 is 1.88 bits per heavy atom. The minimum absolute atomic E-state index is 0.267. The van der Waals surface area contributed by atoms with Crippen LogP contribution in [0.3, 0.4) is 0 Å². The molecule has 0 bridgehead atoms. The Morgan fingerprint density at radius 1 is 1.04 bits per heavy atom. The maximum Gasteiger partial charge on any atom is 0.270 e. The molecule has 132 valence electrons. The quantitative estimate of drug-likeness (QED) is 0.654. The standard InChI is InChI=1S/C19H16Cl2N4O/c20-14-5-3-4-13(12-14)8-10-22-18(26)17-9-11-23-19(25-17)24-16-7-2-1-6-15(16)21/h1-7,9,11-12H,8,10H2,(H,22,26)(H,23,24,25). The van der Waals surface area contributed by atoms with Gasteiger partial charge in [0.05, 0.1) is 10.7 Å². The highest BCUT2D eigenvalue weighted by Gasteiger charge is 2.09. The van der Waals surface area contributed by atoms with Crippen molar-refractivity contribution < 1.29 is 4.79 Å². The molecule has 0 saturated heterocycles. The monoisotopic (exact) mass is 386 g/mol. The zero-order chi connectivity index (χ0) is 18.4. The largest absolute Gasteiger partial charge is 0.350 e. The molecule has 0 aliphatic carbocycles. The van der Waals surface area contributed by atoms with E-state index in [9.17, 15) is 4.79 Å². The molecule has 0 saturated carbocycles. The maximum atomic E-state index is 12.3. The molecule has 2 aromatic carbocycles. The van der Waals surface area contributed by atoms with Crippen molar-refractivity contribution in [1.29, 1.82) is 0 Å². The van der Waals surface area contributed by atoms with Crippen LogP contribution in [-0.2, 0) is 6.42 Å². The summed E-state index contributed by atoms with van der Waals surface area (Å²) in [5.74, 6) is 0.0391. The normalized spacial score (nSPS) is 10.4. The van der Waals surface area contributed by atoms with Crippen molar-refractivity contribution in [2.45, 2.75) is 6.42 Å². The van der Waals surface area contributed by atoms with Crippen LogP contribution in [0, 0.1) is 0 Å². The van der Waals surface area contributed by atoms with Crippen LogP contribution in [0.5, 0.6) is 0 Å². The molecule has 2 N–H and O–H groups in total. The van der Waals surface area contributed by atoms with Crippen molar-refractivity contribution >= 4 is 40.7 Å². The molecule has 0 aliphatic rings. The lowest BCUT2D eigenvalue weighted by Gasteiger charge is -2.08. The number of aromatic nitrogens is 2. The van der Waals surface area contributed by atoms with Gasteiger partial charge in [0.1, 0.15) is 5.69 Å². The number of hydrogen-bond donors (Lipinski definition) is 2. The van der Waals surface area contributed by atoms with E-state index < -0.39 is 0 Å². The van der Waals surface area contributed by atoms with Gasteiger partial charge < -0.3 is 10.6 Å². The third-order valence-electron chi connectivity index (χ3n) is 3.60. The van der Waals surface area contributed by atoms with E-state index in [0.29, 0.717) is 34.6 Å². The van der Waals surface area contributed by atoms with E-state index in [1.54, 1.807) is 12.1 Å². The Hall–Kier alpha value is -2.63. The van der Waals surface area contributed by atoms with Crippen LogP contribution in [0.4, 0.5) is 11.6 Å². The zero-order valence-corrected chi connectivity index (χ0v) is 15.3. The number of nitrogens with zero attached hydrogens (tertiary/aromatic N) is 2. The molecule has 0 aliphatic heterocycles. The van der Waals surface area contributed by atoms with Crippen molar-refractivity contribution in [3.63, 3.8) is 0 Å². The summed E-state index contributed by atoms with van der Waals surface area (Å²) in [6, 6.07) is 16.4. The predicted molar refractivity (Wildman–Crippen MR) is 104 cm³/mol. The number of anilines is 2. The minimum Gasteiger partial charge on any atom is -0.350 e. The molecule has 0 atom stereocenters. The second-order valence-electron chi connectivity index (χ2n) is 5.51. The molecule has 7 heteroatoms. The number of hydrogen-bond acceptors (Lipinski definition) is 4. The summed E-state index contributed by atoms with van der Waals surface area (Å²) in [5.41, 5.74) is 2.01. The first kappa shape index (κ1) is 18.2. The van der Waals surface area contributed by atoms with Crippen LogP contribution in [0.15, 0.2) is 60.8 Å². The molecule has 0 radical (unpaired) electrons. The molecule has 26 heavy (non-hydrogen) atoms. The van der Waals surface area contributed by atoms with E-state index in [4.69, 9.17) is 23.2 Å². The number of nitrogens with one attached hydrogen (secondary N) is 2. The van der Waals surface area contributed by atoms with E-state index in [1.165, 1.54) is 6.20 Å². The molecule has 1 heterocycles. The Balaban J connectivity index is 1.60. The Morgan fingerprint density at radius 3 is 2.69 bits per heavy atom. The molecule has 5 nitrogen and oxygen atoms in total. The van der Waals surface area contributed by atoms with Crippen molar-refractivity contribution in [2.75, 3.05) is 11.9 Å². The molecule has 3 rings (SSSR count). The summed E-state index contributed by atoms with van der Waals surface area (Å²) in [7, 11) is 0. The third kappa shape index (κ3) is 4.94. The summed E-state index contributed by atoms with van der Waals surface area (Å²) in [6.07, 6.45) is 2.21. The van der Waals surface area contributed by atoms with Gasteiger partial charge in [0.15, 0.2) is 0 Å². The minimum atomic E-state index is -0.267. The lowest BCUT2D eigenvalue weighted by Crippen LogP contribution is -2.26. The topological polar surface area (TPSA) is 66.9 Å². The summed E-state index contributed by atoms with van der Waals surface area (Å²) < 4.78 is 0. The van der Waals surface area contributed by atoms with Gasteiger partial charge >= 0.3 is 0 Å². The second-order valence-corrected chi connectivity index (χ2v) is 6.35. The number of halogens is 2. The first-order valence-electron chi connectivity index (χ1n) is 7.99. The van der Waals surface area contributed by atoms with E-state index in [2.05, 4.69) is 20.6 Å². The Kier molecular flexibility index (Phi) is 6.04. The first-order chi connectivity index (χ1) is 12.6. The number of para-hydroxylation sites is 1. The smallest absolute Gasteiger partial charge is 0.270 e. The third-order valence-corrected chi connectivity index (χ3v) is 4.16. The van der Waals surface area contributed by atoms with Gasteiger partial charge in [-0.15, -0.1) is 0 Å². The van der Waals surface area contributed by atoms with Crippen LogP contribution in [0.2, 0.25) is 10.0 Å². The Labute approximate surface area is 161 Å². The van der Waals surface area contributed by atoms with Crippen LogP contribution >= 0.6 is 23.2 Å². The van der Waals surface area contributed by atoms with Gasteiger partial charge in [-0.25, -0.2) is 9.97 Å². The van der Waals surface area contributed by atoms with Gasteiger partial charge in [-0.3, -0.25) is 4.79 Å². The van der Waals surface area contributed by atoms with Crippen LogP contribution < -0.4 is 10.6 Å². The zero-order valence-electron chi connectivity index (χ0n) is 13.7. The molecule has 3 aromatic rings. The lowest BCUT2D eigenvalue weighted by molar-refractivity contribution is 0.0949. The summed E-state index contributed by atoms with van der Waals surface area (Å²) in [4.78, 5) is 20.6. The Bertz CT molecular complexity index is 917. The molecular weight excluding hydrogens is 371 g/mol. The van der Waals surface area contributed by atoms with Crippen molar-refractivity contribution in [2.24, 2.45) is 0 Å². The number of benzene rings is 2.